The Morgan fingerprint density at radius 3 is 2.74 bits per heavy atom. The molecule has 98 valence electrons. The highest BCUT2D eigenvalue weighted by molar-refractivity contribution is 7.10. The molecule has 3 rings (SSSR count). The summed E-state index contributed by atoms with van der Waals surface area (Å²) in [5, 5.41) is 2.83. The van der Waals surface area contributed by atoms with Crippen LogP contribution in [0.4, 0.5) is 0 Å². The number of nitrogens with two attached hydrogens (primary N) is 1. The zero-order valence-corrected chi connectivity index (χ0v) is 11.9. The zero-order chi connectivity index (χ0) is 13.6. The second kappa shape index (κ2) is 4.43. The van der Waals surface area contributed by atoms with Crippen molar-refractivity contribution in [1.82, 2.24) is 9.97 Å². The quantitative estimate of drug-likeness (QED) is 0.775. The fraction of sp³-hybridized carbons (Fsp3) is 0.286. The summed E-state index contributed by atoms with van der Waals surface area (Å²) in [5.41, 5.74) is 10.6. The van der Waals surface area contributed by atoms with E-state index in [4.69, 9.17) is 10.2 Å². The first-order valence-electron chi connectivity index (χ1n) is 6.14. The summed E-state index contributed by atoms with van der Waals surface area (Å²) in [6.07, 6.45) is 0. The van der Waals surface area contributed by atoms with E-state index in [0.29, 0.717) is 5.89 Å². The highest BCUT2D eigenvalue weighted by Gasteiger charge is 2.14. The van der Waals surface area contributed by atoms with Gasteiger partial charge in [0.25, 0.3) is 0 Å². The van der Waals surface area contributed by atoms with Crippen LogP contribution in [-0.4, -0.2) is 9.97 Å². The monoisotopic (exact) mass is 273 g/mol. The molecule has 0 radical (unpaired) electrons. The van der Waals surface area contributed by atoms with E-state index >= 15 is 0 Å². The molecular weight excluding hydrogens is 258 g/mol. The molecule has 2 N–H and O–H groups in total. The molecule has 0 aliphatic carbocycles. The van der Waals surface area contributed by atoms with Gasteiger partial charge in [-0.1, -0.05) is 6.07 Å². The van der Waals surface area contributed by atoms with Gasteiger partial charge in [0.05, 0.1) is 6.04 Å². The maximum atomic E-state index is 5.83. The van der Waals surface area contributed by atoms with Gasteiger partial charge in [-0.15, -0.1) is 11.3 Å². The van der Waals surface area contributed by atoms with Gasteiger partial charge in [0, 0.05) is 5.38 Å². The molecule has 4 nitrogen and oxygen atoms in total. The molecule has 0 aliphatic rings. The molecule has 1 aromatic carbocycles. The normalized spacial score (nSPS) is 13.1. The number of thiazole rings is 1. The smallest absolute Gasteiger partial charge is 0.247 e. The molecule has 2 aromatic heterocycles. The second-order valence-corrected chi connectivity index (χ2v) is 5.70. The first kappa shape index (κ1) is 12.3. The molecule has 0 aliphatic heterocycles. The summed E-state index contributed by atoms with van der Waals surface area (Å²) < 4.78 is 5.83. The van der Waals surface area contributed by atoms with Crippen molar-refractivity contribution >= 4 is 22.4 Å². The molecule has 0 spiro atoms. The van der Waals surface area contributed by atoms with E-state index < -0.39 is 0 Å². The van der Waals surface area contributed by atoms with Crippen LogP contribution in [-0.2, 0) is 0 Å². The second-order valence-electron chi connectivity index (χ2n) is 4.81. The first-order valence-corrected chi connectivity index (χ1v) is 7.01. The van der Waals surface area contributed by atoms with Crippen molar-refractivity contribution in [2.75, 3.05) is 0 Å². The minimum absolute atomic E-state index is 0.0629. The molecular formula is C14H15N3OS. The van der Waals surface area contributed by atoms with Gasteiger partial charge in [-0.05, 0) is 38.0 Å². The number of aryl methyl sites for hydroxylation is 2. The molecule has 1 atom stereocenters. The van der Waals surface area contributed by atoms with Crippen molar-refractivity contribution in [2.45, 2.75) is 26.8 Å². The SMILES string of the molecule is Cc1cc(C)c2oc(-c3csc(C(C)N)n3)nc2c1. The number of hydrogen-bond acceptors (Lipinski definition) is 5. The van der Waals surface area contributed by atoms with Gasteiger partial charge in [-0.2, -0.15) is 0 Å². The predicted octanol–water partition coefficient (Wildman–Crippen LogP) is 3.59. The lowest BCUT2D eigenvalue weighted by molar-refractivity contribution is 0.614. The van der Waals surface area contributed by atoms with Crippen LogP contribution in [0.15, 0.2) is 21.9 Å². The minimum Gasteiger partial charge on any atom is -0.434 e. The molecule has 0 saturated heterocycles. The van der Waals surface area contributed by atoms with E-state index in [2.05, 4.69) is 23.0 Å². The van der Waals surface area contributed by atoms with E-state index in [0.717, 1.165) is 27.4 Å². The number of hydrogen-bond donors (Lipinski definition) is 1. The number of aromatic nitrogens is 2. The third kappa shape index (κ3) is 2.15. The van der Waals surface area contributed by atoms with Crippen LogP contribution in [0.25, 0.3) is 22.7 Å². The number of oxazole rings is 1. The van der Waals surface area contributed by atoms with Gasteiger partial charge in [0.1, 0.15) is 16.2 Å². The van der Waals surface area contributed by atoms with Gasteiger partial charge < -0.3 is 10.2 Å². The largest absolute Gasteiger partial charge is 0.434 e. The van der Waals surface area contributed by atoms with E-state index in [9.17, 15) is 0 Å². The lowest BCUT2D eigenvalue weighted by atomic mass is 10.1. The number of fused-ring (bicyclic) bond motifs is 1. The van der Waals surface area contributed by atoms with Crippen molar-refractivity contribution in [2.24, 2.45) is 5.73 Å². The predicted molar refractivity (Wildman–Crippen MR) is 77.2 cm³/mol. The van der Waals surface area contributed by atoms with Gasteiger partial charge in [0.15, 0.2) is 5.58 Å². The van der Waals surface area contributed by atoms with E-state index in [1.54, 1.807) is 0 Å². The number of rotatable bonds is 2. The highest BCUT2D eigenvalue weighted by Crippen LogP contribution is 2.29. The van der Waals surface area contributed by atoms with Gasteiger partial charge in [-0.25, -0.2) is 9.97 Å². The Bertz CT molecular complexity index is 742. The topological polar surface area (TPSA) is 64.9 Å². The average Bonchev–Trinajstić information content (AvgIpc) is 2.92. The Labute approximate surface area is 115 Å². The Morgan fingerprint density at radius 1 is 1.26 bits per heavy atom. The highest BCUT2D eigenvalue weighted by atomic mass is 32.1. The molecule has 5 heteroatoms. The van der Waals surface area contributed by atoms with E-state index in [1.807, 2.05) is 25.3 Å². The fourth-order valence-corrected chi connectivity index (χ4v) is 2.83. The van der Waals surface area contributed by atoms with E-state index in [1.165, 1.54) is 16.9 Å². The van der Waals surface area contributed by atoms with Crippen molar-refractivity contribution < 1.29 is 4.42 Å². The molecule has 0 bridgehead atoms. The van der Waals surface area contributed by atoms with Gasteiger partial charge in [-0.3, -0.25) is 0 Å². The lowest BCUT2D eigenvalue weighted by Gasteiger charge is -1.96. The molecule has 2 heterocycles. The summed E-state index contributed by atoms with van der Waals surface area (Å²) in [6, 6.07) is 4.05. The van der Waals surface area contributed by atoms with Crippen molar-refractivity contribution in [1.29, 1.82) is 0 Å². The summed E-state index contributed by atoms with van der Waals surface area (Å²) in [7, 11) is 0. The zero-order valence-electron chi connectivity index (χ0n) is 11.1. The van der Waals surface area contributed by atoms with Crippen LogP contribution < -0.4 is 5.73 Å². The minimum atomic E-state index is -0.0629. The van der Waals surface area contributed by atoms with Crippen LogP contribution in [0.5, 0.6) is 0 Å². The molecule has 3 aromatic rings. The van der Waals surface area contributed by atoms with Gasteiger partial charge in [0.2, 0.25) is 5.89 Å². The first-order chi connectivity index (χ1) is 9.04. The molecule has 1 unspecified atom stereocenters. The van der Waals surface area contributed by atoms with Crippen LogP contribution in [0.1, 0.15) is 29.1 Å². The van der Waals surface area contributed by atoms with Crippen molar-refractivity contribution in [3.8, 4) is 11.6 Å². The summed E-state index contributed by atoms with van der Waals surface area (Å²) in [4.78, 5) is 8.98. The molecule has 19 heavy (non-hydrogen) atoms. The molecule has 0 amide bonds. The van der Waals surface area contributed by atoms with Crippen LogP contribution in [0, 0.1) is 13.8 Å². The Hall–Kier alpha value is -1.72. The van der Waals surface area contributed by atoms with Crippen LogP contribution >= 0.6 is 11.3 Å². The van der Waals surface area contributed by atoms with Crippen LogP contribution in [0.2, 0.25) is 0 Å². The lowest BCUT2D eigenvalue weighted by Crippen LogP contribution is -2.03. The summed E-state index contributed by atoms with van der Waals surface area (Å²) in [6.45, 7) is 6.00. The van der Waals surface area contributed by atoms with Crippen molar-refractivity contribution in [3.63, 3.8) is 0 Å². The summed E-state index contributed by atoms with van der Waals surface area (Å²) in [5.74, 6) is 0.562. The van der Waals surface area contributed by atoms with E-state index in [-0.39, 0.29) is 6.04 Å². The third-order valence-corrected chi connectivity index (χ3v) is 4.00. The maximum Gasteiger partial charge on any atom is 0.247 e. The standard InChI is InChI=1S/C14H15N3OS/c1-7-4-8(2)12-10(5-7)16-13(18-12)11-6-19-14(17-11)9(3)15/h4-6,9H,15H2,1-3H3. The third-order valence-electron chi connectivity index (χ3n) is 2.95. The fourth-order valence-electron chi connectivity index (χ4n) is 2.08. The Balaban J connectivity index is 2.12. The van der Waals surface area contributed by atoms with Crippen LogP contribution in [0.3, 0.4) is 0 Å². The summed E-state index contributed by atoms with van der Waals surface area (Å²) >= 11 is 1.53. The maximum absolute atomic E-state index is 5.83. The van der Waals surface area contributed by atoms with Gasteiger partial charge >= 0.3 is 0 Å². The number of nitrogens with zero attached hydrogens (tertiary/aromatic N) is 2. The molecule has 0 saturated carbocycles. The average molecular weight is 273 g/mol. The Kier molecular flexibility index (Phi) is 2.88. The Morgan fingerprint density at radius 2 is 2.05 bits per heavy atom. The molecule has 0 fully saturated rings. The van der Waals surface area contributed by atoms with Crippen molar-refractivity contribution in [3.05, 3.63) is 33.6 Å². The number of benzene rings is 1.